The normalized spacial score (nSPS) is 9.67. The van der Waals surface area contributed by atoms with Gasteiger partial charge in [0.15, 0.2) is 6.61 Å². The number of hydrogen-bond donors (Lipinski definition) is 1. The van der Waals surface area contributed by atoms with E-state index in [0.717, 1.165) is 5.56 Å². The second-order valence-electron chi connectivity index (χ2n) is 3.64. The molecule has 0 unspecified atom stereocenters. The van der Waals surface area contributed by atoms with Gasteiger partial charge in [-0.3, -0.25) is 9.59 Å². The molecule has 0 aliphatic heterocycles. The molecule has 0 aliphatic rings. The van der Waals surface area contributed by atoms with Crippen LogP contribution in [0.15, 0.2) is 24.3 Å². The number of aryl methyl sites for hydroxylation is 1. The molecule has 1 N–H and O–H groups in total. The number of esters is 1. The first-order valence-corrected chi connectivity index (χ1v) is 5.74. The lowest BCUT2D eigenvalue weighted by Gasteiger charge is -2.08. The van der Waals surface area contributed by atoms with Crippen LogP contribution in [-0.4, -0.2) is 31.6 Å². The Balaban J connectivity index is 2.29. The molecule has 0 aliphatic carbocycles. The SMILES string of the molecule is CCOC(=O)CNC(=O)COc1ccccc1C. The highest BCUT2D eigenvalue weighted by atomic mass is 16.5. The van der Waals surface area contributed by atoms with Crippen LogP contribution in [0.1, 0.15) is 12.5 Å². The minimum Gasteiger partial charge on any atom is -0.484 e. The van der Waals surface area contributed by atoms with Gasteiger partial charge >= 0.3 is 5.97 Å². The number of carbonyl (C=O) groups is 2. The Hall–Kier alpha value is -2.04. The van der Waals surface area contributed by atoms with Gasteiger partial charge in [0.25, 0.3) is 5.91 Å². The summed E-state index contributed by atoms with van der Waals surface area (Å²) in [5.74, 6) is -0.156. The van der Waals surface area contributed by atoms with E-state index < -0.39 is 5.97 Å². The van der Waals surface area contributed by atoms with Crippen molar-refractivity contribution in [2.24, 2.45) is 0 Å². The van der Waals surface area contributed by atoms with Crippen LogP contribution in [0.5, 0.6) is 5.75 Å². The first-order chi connectivity index (χ1) is 8.63. The van der Waals surface area contributed by atoms with Crippen molar-refractivity contribution in [2.75, 3.05) is 19.8 Å². The van der Waals surface area contributed by atoms with Crippen molar-refractivity contribution >= 4 is 11.9 Å². The topological polar surface area (TPSA) is 64.6 Å². The molecule has 1 amide bonds. The van der Waals surface area contributed by atoms with Crippen LogP contribution in [0.2, 0.25) is 0 Å². The van der Waals surface area contributed by atoms with Crippen LogP contribution in [0.3, 0.4) is 0 Å². The van der Waals surface area contributed by atoms with Crippen molar-refractivity contribution in [3.05, 3.63) is 29.8 Å². The van der Waals surface area contributed by atoms with Crippen LogP contribution in [0.25, 0.3) is 0 Å². The van der Waals surface area contributed by atoms with Gasteiger partial charge in [0.2, 0.25) is 0 Å². The number of carbonyl (C=O) groups excluding carboxylic acids is 2. The molecular weight excluding hydrogens is 234 g/mol. The molecule has 5 nitrogen and oxygen atoms in total. The van der Waals surface area contributed by atoms with Crippen LogP contribution < -0.4 is 10.1 Å². The first-order valence-electron chi connectivity index (χ1n) is 5.74. The lowest BCUT2D eigenvalue weighted by Crippen LogP contribution is -2.34. The van der Waals surface area contributed by atoms with Crippen LogP contribution in [-0.2, 0) is 14.3 Å². The summed E-state index contributed by atoms with van der Waals surface area (Å²) >= 11 is 0. The Kier molecular flexibility index (Phi) is 5.70. The van der Waals surface area contributed by atoms with E-state index in [1.165, 1.54) is 0 Å². The zero-order valence-corrected chi connectivity index (χ0v) is 10.6. The molecule has 1 aromatic rings. The summed E-state index contributed by atoms with van der Waals surface area (Å²) in [4.78, 5) is 22.4. The average Bonchev–Trinajstić information content (AvgIpc) is 2.36. The van der Waals surface area contributed by atoms with Crippen LogP contribution in [0, 0.1) is 6.92 Å². The molecule has 0 atom stereocenters. The summed E-state index contributed by atoms with van der Waals surface area (Å²) in [6.07, 6.45) is 0. The van der Waals surface area contributed by atoms with Crippen molar-refractivity contribution in [1.29, 1.82) is 0 Å². The van der Waals surface area contributed by atoms with E-state index >= 15 is 0 Å². The molecular formula is C13H17NO4. The maximum atomic E-state index is 11.4. The average molecular weight is 251 g/mol. The van der Waals surface area contributed by atoms with Gasteiger partial charge in [0.1, 0.15) is 12.3 Å². The summed E-state index contributed by atoms with van der Waals surface area (Å²) in [6.45, 7) is 3.65. The van der Waals surface area contributed by atoms with E-state index in [1.807, 2.05) is 25.1 Å². The van der Waals surface area contributed by atoms with Crippen molar-refractivity contribution in [3.63, 3.8) is 0 Å². The second-order valence-corrected chi connectivity index (χ2v) is 3.64. The molecule has 0 saturated heterocycles. The maximum absolute atomic E-state index is 11.4. The first kappa shape index (κ1) is 14.0. The summed E-state index contributed by atoms with van der Waals surface area (Å²) in [6, 6.07) is 7.40. The number of hydrogen-bond acceptors (Lipinski definition) is 4. The molecule has 0 fully saturated rings. The van der Waals surface area contributed by atoms with E-state index in [0.29, 0.717) is 12.4 Å². The summed E-state index contributed by atoms with van der Waals surface area (Å²) in [5.41, 5.74) is 0.954. The van der Waals surface area contributed by atoms with Gasteiger partial charge in [0, 0.05) is 0 Å². The van der Waals surface area contributed by atoms with E-state index in [-0.39, 0.29) is 19.1 Å². The lowest BCUT2D eigenvalue weighted by atomic mass is 10.2. The van der Waals surface area contributed by atoms with Gasteiger partial charge < -0.3 is 14.8 Å². The van der Waals surface area contributed by atoms with Gasteiger partial charge in [-0.2, -0.15) is 0 Å². The predicted octanol–water partition coefficient (Wildman–Crippen LogP) is 1.05. The van der Waals surface area contributed by atoms with Gasteiger partial charge in [-0.15, -0.1) is 0 Å². The third-order valence-corrected chi connectivity index (χ3v) is 2.19. The highest BCUT2D eigenvalue weighted by molar-refractivity contribution is 5.82. The van der Waals surface area contributed by atoms with E-state index in [9.17, 15) is 9.59 Å². The van der Waals surface area contributed by atoms with Gasteiger partial charge in [0.05, 0.1) is 6.61 Å². The van der Waals surface area contributed by atoms with Crippen molar-refractivity contribution in [2.45, 2.75) is 13.8 Å². The third kappa shape index (κ3) is 4.86. The molecule has 0 saturated carbocycles. The molecule has 0 bridgehead atoms. The zero-order valence-electron chi connectivity index (χ0n) is 10.6. The Bertz CT molecular complexity index is 417. The van der Waals surface area contributed by atoms with Crippen LogP contribution >= 0.6 is 0 Å². The molecule has 0 aromatic heterocycles. The van der Waals surface area contributed by atoms with Gasteiger partial charge in [-0.1, -0.05) is 18.2 Å². The Morgan fingerprint density at radius 2 is 2.00 bits per heavy atom. The van der Waals surface area contributed by atoms with Crippen molar-refractivity contribution < 1.29 is 19.1 Å². The van der Waals surface area contributed by atoms with E-state index in [4.69, 9.17) is 4.74 Å². The number of ether oxygens (including phenoxy) is 2. The predicted molar refractivity (Wildman–Crippen MR) is 66.3 cm³/mol. The largest absolute Gasteiger partial charge is 0.484 e. The number of amides is 1. The van der Waals surface area contributed by atoms with Gasteiger partial charge in [-0.05, 0) is 25.5 Å². The number of nitrogens with one attached hydrogen (secondary N) is 1. The third-order valence-electron chi connectivity index (χ3n) is 2.19. The Morgan fingerprint density at radius 1 is 1.28 bits per heavy atom. The number of rotatable bonds is 6. The Morgan fingerprint density at radius 3 is 2.67 bits per heavy atom. The highest BCUT2D eigenvalue weighted by Crippen LogP contribution is 2.15. The fraction of sp³-hybridized carbons (Fsp3) is 0.385. The summed E-state index contributed by atoms with van der Waals surface area (Å²) in [7, 11) is 0. The Labute approximate surface area is 106 Å². The van der Waals surface area contributed by atoms with Crippen LogP contribution in [0.4, 0.5) is 0 Å². The summed E-state index contributed by atoms with van der Waals surface area (Å²) in [5, 5.41) is 2.42. The fourth-order valence-electron chi connectivity index (χ4n) is 1.30. The quantitative estimate of drug-likeness (QED) is 0.768. The number of para-hydroxylation sites is 1. The molecule has 1 rings (SSSR count). The molecule has 0 heterocycles. The maximum Gasteiger partial charge on any atom is 0.325 e. The standard InChI is InChI=1S/C13H17NO4/c1-3-17-13(16)8-14-12(15)9-18-11-7-5-4-6-10(11)2/h4-7H,3,8-9H2,1-2H3,(H,14,15). The number of benzene rings is 1. The molecule has 0 spiro atoms. The molecule has 5 heteroatoms. The molecule has 18 heavy (non-hydrogen) atoms. The van der Waals surface area contributed by atoms with E-state index in [1.54, 1.807) is 13.0 Å². The minimum absolute atomic E-state index is 0.121. The summed E-state index contributed by atoms with van der Waals surface area (Å²) < 4.78 is 10.0. The molecule has 98 valence electrons. The smallest absolute Gasteiger partial charge is 0.325 e. The second kappa shape index (κ2) is 7.32. The van der Waals surface area contributed by atoms with E-state index in [2.05, 4.69) is 10.1 Å². The highest BCUT2D eigenvalue weighted by Gasteiger charge is 2.07. The van der Waals surface area contributed by atoms with Crippen molar-refractivity contribution in [1.82, 2.24) is 5.32 Å². The monoisotopic (exact) mass is 251 g/mol. The molecule has 1 aromatic carbocycles. The molecule has 0 radical (unpaired) electrons. The van der Waals surface area contributed by atoms with Gasteiger partial charge in [-0.25, -0.2) is 0 Å². The fourth-order valence-corrected chi connectivity index (χ4v) is 1.30. The lowest BCUT2D eigenvalue weighted by molar-refractivity contribution is -0.143. The van der Waals surface area contributed by atoms with Crippen molar-refractivity contribution in [3.8, 4) is 5.75 Å². The minimum atomic E-state index is -0.457. The zero-order chi connectivity index (χ0) is 13.4.